The second kappa shape index (κ2) is 3.06. The van der Waals surface area contributed by atoms with E-state index in [0.29, 0.717) is 6.42 Å². The van der Waals surface area contributed by atoms with Crippen LogP contribution in [-0.2, 0) is 14.3 Å². The SMILES string of the molecule is C=C1CC(C)(C)[C@H]2C(=O)C[C@]1(C(=O)OC)C21CC1. The first-order valence-corrected chi connectivity index (χ1v) is 6.61. The molecule has 0 amide bonds. The van der Waals surface area contributed by atoms with Crippen LogP contribution < -0.4 is 0 Å². The van der Waals surface area contributed by atoms with Gasteiger partial charge in [0.25, 0.3) is 0 Å². The fraction of sp³-hybridized carbons (Fsp3) is 0.733. The van der Waals surface area contributed by atoms with Gasteiger partial charge in [0.2, 0.25) is 0 Å². The zero-order valence-corrected chi connectivity index (χ0v) is 11.3. The average molecular weight is 248 g/mol. The fourth-order valence-electron chi connectivity index (χ4n) is 5.00. The van der Waals surface area contributed by atoms with Crippen molar-refractivity contribution in [2.45, 2.75) is 39.5 Å². The highest BCUT2D eigenvalue weighted by molar-refractivity contribution is 5.98. The quantitative estimate of drug-likeness (QED) is 0.529. The van der Waals surface area contributed by atoms with Crippen molar-refractivity contribution in [3.63, 3.8) is 0 Å². The molecule has 3 heteroatoms. The monoisotopic (exact) mass is 248 g/mol. The van der Waals surface area contributed by atoms with Gasteiger partial charge in [-0.15, -0.1) is 0 Å². The summed E-state index contributed by atoms with van der Waals surface area (Å²) in [5.74, 6) is 0.00694. The van der Waals surface area contributed by atoms with Crippen LogP contribution in [0.2, 0.25) is 0 Å². The summed E-state index contributed by atoms with van der Waals surface area (Å²) in [6.45, 7) is 8.41. The van der Waals surface area contributed by atoms with Gasteiger partial charge in [-0.2, -0.15) is 0 Å². The highest BCUT2D eigenvalue weighted by Crippen LogP contribution is 2.78. The maximum absolute atomic E-state index is 12.4. The molecule has 98 valence electrons. The van der Waals surface area contributed by atoms with E-state index >= 15 is 0 Å². The van der Waals surface area contributed by atoms with Crippen LogP contribution in [0.4, 0.5) is 0 Å². The predicted octanol–water partition coefficient (Wildman–Crippen LogP) is 2.50. The Morgan fingerprint density at radius 2 is 1.94 bits per heavy atom. The molecule has 1 spiro atoms. The van der Waals surface area contributed by atoms with E-state index in [1.807, 2.05) is 0 Å². The lowest BCUT2D eigenvalue weighted by molar-refractivity contribution is -0.156. The van der Waals surface area contributed by atoms with Crippen molar-refractivity contribution < 1.29 is 14.3 Å². The second-order valence-corrected chi connectivity index (χ2v) is 6.90. The molecule has 3 nitrogen and oxygen atoms in total. The van der Waals surface area contributed by atoms with E-state index in [4.69, 9.17) is 4.74 Å². The van der Waals surface area contributed by atoms with Crippen molar-refractivity contribution in [3.8, 4) is 0 Å². The molecule has 0 aliphatic heterocycles. The zero-order valence-electron chi connectivity index (χ0n) is 11.3. The first-order valence-electron chi connectivity index (χ1n) is 6.61. The molecule has 0 aromatic heterocycles. The molecule has 3 saturated carbocycles. The van der Waals surface area contributed by atoms with Crippen LogP contribution in [0.1, 0.15) is 39.5 Å². The maximum Gasteiger partial charge on any atom is 0.316 e. The molecule has 0 heterocycles. The summed E-state index contributed by atoms with van der Waals surface area (Å²) in [6, 6.07) is 0. The predicted molar refractivity (Wildman–Crippen MR) is 66.8 cm³/mol. The number of hydrogen-bond donors (Lipinski definition) is 0. The van der Waals surface area contributed by atoms with Gasteiger partial charge < -0.3 is 4.74 Å². The van der Waals surface area contributed by atoms with E-state index in [0.717, 1.165) is 24.8 Å². The molecular weight excluding hydrogens is 228 g/mol. The third kappa shape index (κ3) is 1.03. The lowest BCUT2D eigenvalue weighted by atomic mass is 9.54. The second-order valence-electron chi connectivity index (χ2n) is 6.90. The normalized spacial score (nSPS) is 38.9. The molecule has 3 aliphatic carbocycles. The average Bonchev–Trinajstić information content (AvgIpc) is 2.97. The van der Waals surface area contributed by atoms with Gasteiger partial charge in [0, 0.05) is 17.8 Å². The highest BCUT2D eigenvalue weighted by atomic mass is 16.5. The number of rotatable bonds is 1. The smallest absolute Gasteiger partial charge is 0.316 e. The van der Waals surface area contributed by atoms with Crippen LogP contribution in [-0.4, -0.2) is 18.9 Å². The van der Waals surface area contributed by atoms with Crippen LogP contribution in [0.3, 0.4) is 0 Å². The number of carbonyl (C=O) groups excluding carboxylic acids is 2. The van der Waals surface area contributed by atoms with E-state index in [1.165, 1.54) is 7.11 Å². The number of methoxy groups -OCH3 is 1. The number of ether oxygens (including phenoxy) is 1. The zero-order chi connectivity index (χ0) is 13.3. The van der Waals surface area contributed by atoms with E-state index in [-0.39, 0.29) is 28.5 Å². The Kier molecular flexibility index (Phi) is 2.03. The third-order valence-electron chi connectivity index (χ3n) is 5.54. The Balaban J connectivity index is 2.20. The minimum Gasteiger partial charge on any atom is -0.468 e. The van der Waals surface area contributed by atoms with Crippen LogP contribution >= 0.6 is 0 Å². The molecule has 3 rings (SSSR count). The standard InChI is InChI=1S/C15H20O3/c1-9-7-13(2,3)11-10(16)8-15(9,12(17)18-4)14(11)5-6-14/h11H,1,5-8H2,2-4H3/t11-,15+/m1/s1. The molecule has 0 N–H and O–H groups in total. The van der Waals surface area contributed by atoms with Gasteiger partial charge >= 0.3 is 5.97 Å². The lowest BCUT2D eigenvalue weighted by Crippen LogP contribution is -2.48. The largest absolute Gasteiger partial charge is 0.468 e. The van der Waals surface area contributed by atoms with Crippen molar-refractivity contribution in [1.29, 1.82) is 0 Å². The minimum atomic E-state index is -0.709. The molecule has 18 heavy (non-hydrogen) atoms. The van der Waals surface area contributed by atoms with Gasteiger partial charge in [-0.1, -0.05) is 26.0 Å². The molecule has 0 unspecified atom stereocenters. The molecule has 0 aromatic carbocycles. The van der Waals surface area contributed by atoms with Gasteiger partial charge in [0.1, 0.15) is 11.2 Å². The van der Waals surface area contributed by atoms with Gasteiger partial charge in [-0.25, -0.2) is 0 Å². The molecular formula is C15H20O3. The number of hydrogen-bond acceptors (Lipinski definition) is 3. The first kappa shape index (κ1) is 11.9. The Labute approximate surface area is 108 Å². The summed E-state index contributed by atoms with van der Waals surface area (Å²) >= 11 is 0. The fourth-order valence-corrected chi connectivity index (χ4v) is 5.00. The minimum absolute atomic E-state index is 0.00889. The van der Waals surface area contributed by atoms with E-state index in [9.17, 15) is 9.59 Å². The van der Waals surface area contributed by atoms with Crippen molar-refractivity contribution in [3.05, 3.63) is 12.2 Å². The Hall–Kier alpha value is -1.12. The summed E-state index contributed by atoms with van der Waals surface area (Å²) in [4.78, 5) is 24.8. The number of ketones is 1. The lowest BCUT2D eigenvalue weighted by Gasteiger charge is -2.48. The number of Topliss-reactive ketones (excluding diaryl/α,β-unsaturated/α-hetero) is 1. The summed E-state index contributed by atoms with van der Waals surface area (Å²) in [5.41, 5.74) is -0.0350. The molecule has 2 atom stereocenters. The van der Waals surface area contributed by atoms with Crippen LogP contribution in [0.15, 0.2) is 12.2 Å². The molecule has 0 radical (unpaired) electrons. The van der Waals surface area contributed by atoms with E-state index in [2.05, 4.69) is 20.4 Å². The summed E-state index contributed by atoms with van der Waals surface area (Å²) in [6.07, 6.45) is 2.98. The van der Waals surface area contributed by atoms with Gasteiger partial charge in [0.05, 0.1) is 7.11 Å². The van der Waals surface area contributed by atoms with E-state index in [1.54, 1.807) is 0 Å². The molecule has 0 saturated heterocycles. The molecule has 2 bridgehead atoms. The Bertz CT molecular complexity index is 470. The van der Waals surface area contributed by atoms with Crippen molar-refractivity contribution in [2.75, 3.05) is 7.11 Å². The summed E-state index contributed by atoms with van der Waals surface area (Å²) < 4.78 is 5.02. The van der Waals surface area contributed by atoms with Crippen LogP contribution in [0.5, 0.6) is 0 Å². The van der Waals surface area contributed by atoms with Gasteiger partial charge in [0.15, 0.2) is 0 Å². The van der Waals surface area contributed by atoms with Crippen LogP contribution in [0.25, 0.3) is 0 Å². The molecule has 3 aliphatic rings. The topological polar surface area (TPSA) is 43.4 Å². The van der Waals surface area contributed by atoms with E-state index < -0.39 is 5.41 Å². The number of carbonyl (C=O) groups is 2. The first-order chi connectivity index (χ1) is 8.32. The van der Waals surface area contributed by atoms with Crippen molar-refractivity contribution >= 4 is 11.8 Å². The summed E-state index contributed by atoms with van der Waals surface area (Å²) in [5, 5.41) is 0. The molecule has 3 fully saturated rings. The molecule has 0 aromatic rings. The number of esters is 1. The Morgan fingerprint density at radius 3 is 2.44 bits per heavy atom. The van der Waals surface area contributed by atoms with Gasteiger partial charge in [-0.3, -0.25) is 9.59 Å². The van der Waals surface area contributed by atoms with Crippen molar-refractivity contribution in [2.24, 2.45) is 22.2 Å². The highest BCUT2D eigenvalue weighted by Gasteiger charge is 2.78. The summed E-state index contributed by atoms with van der Waals surface area (Å²) in [7, 11) is 1.41. The maximum atomic E-state index is 12.4. The van der Waals surface area contributed by atoms with Gasteiger partial charge in [-0.05, 0) is 24.7 Å². The third-order valence-corrected chi connectivity index (χ3v) is 5.54. The van der Waals surface area contributed by atoms with Crippen molar-refractivity contribution in [1.82, 2.24) is 0 Å². The van der Waals surface area contributed by atoms with Crippen LogP contribution in [0, 0.1) is 22.2 Å². The Morgan fingerprint density at radius 1 is 1.33 bits per heavy atom.